The van der Waals surface area contributed by atoms with E-state index in [4.69, 9.17) is 14.7 Å². The summed E-state index contributed by atoms with van der Waals surface area (Å²) in [6.07, 6.45) is 1.15. The Morgan fingerprint density at radius 3 is 2.23 bits per heavy atom. The van der Waals surface area contributed by atoms with E-state index < -0.39 is 9.84 Å². The van der Waals surface area contributed by atoms with Crippen LogP contribution >= 0.6 is 0 Å². The summed E-state index contributed by atoms with van der Waals surface area (Å²) in [5.41, 5.74) is 0.571. The second-order valence-corrected chi connectivity index (χ2v) is 6.60. The van der Waals surface area contributed by atoms with Gasteiger partial charge in [0.15, 0.2) is 9.84 Å². The van der Waals surface area contributed by atoms with Crippen LogP contribution in [0.4, 0.5) is 0 Å². The molecule has 6 heteroatoms. The molecule has 2 aromatic carbocycles. The molecule has 0 aliphatic carbocycles. The van der Waals surface area contributed by atoms with E-state index in [1.165, 1.54) is 12.1 Å². The Bertz CT molecular complexity index is 777. The maximum Gasteiger partial charge on any atom is 0.175 e. The van der Waals surface area contributed by atoms with Gasteiger partial charge in [0.05, 0.1) is 16.5 Å². The summed E-state index contributed by atoms with van der Waals surface area (Å²) >= 11 is 0. The number of hydrogen-bond acceptors (Lipinski definition) is 5. The zero-order chi connectivity index (χ0) is 16.0. The van der Waals surface area contributed by atoms with Crippen molar-refractivity contribution in [2.45, 2.75) is 4.90 Å². The normalized spacial score (nSPS) is 10.7. The number of ether oxygens (including phenoxy) is 2. The predicted octanol–water partition coefficient (Wildman–Crippen LogP) is 2.42. The van der Waals surface area contributed by atoms with E-state index in [0.29, 0.717) is 23.7 Å². The van der Waals surface area contributed by atoms with Crippen molar-refractivity contribution < 1.29 is 17.9 Å². The molecule has 0 aliphatic rings. The van der Waals surface area contributed by atoms with Crippen molar-refractivity contribution in [3.8, 4) is 17.6 Å². The van der Waals surface area contributed by atoms with E-state index in [9.17, 15) is 8.42 Å². The molecule has 0 saturated heterocycles. The average molecular weight is 317 g/mol. The summed E-state index contributed by atoms with van der Waals surface area (Å²) in [6.45, 7) is 0.599. The third-order valence-corrected chi connectivity index (χ3v) is 3.95. The summed E-state index contributed by atoms with van der Waals surface area (Å²) in [5.74, 6) is 1.12. The Balaban J connectivity index is 1.85. The standard InChI is InChI=1S/C16H15NO4S/c1-22(18,19)16-4-2-3-15(11-16)21-10-9-20-14-7-5-13(12-17)6-8-14/h2-8,11H,9-10H2,1H3. The van der Waals surface area contributed by atoms with Gasteiger partial charge in [0.25, 0.3) is 0 Å². The molecule has 0 atom stereocenters. The van der Waals surface area contributed by atoms with Gasteiger partial charge in [-0.3, -0.25) is 0 Å². The molecule has 0 fully saturated rings. The van der Waals surface area contributed by atoms with Gasteiger partial charge in [0.2, 0.25) is 0 Å². The minimum absolute atomic E-state index is 0.220. The van der Waals surface area contributed by atoms with Gasteiger partial charge in [-0.1, -0.05) is 6.07 Å². The van der Waals surface area contributed by atoms with E-state index in [-0.39, 0.29) is 11.5 Å². The number of hydrogen-bond donors (Lipinski definition) is 0. The first-order valence-corrected chi connectivity index (χ1v) is 8.44. The average Bonchev–Trinajstić information content (AvgIpc) is 2.52. The fraction of sp³-hybridized carbons (Fsp3) is 0.188. The molecule has 0 aromatic heterocycles. The smallest absolute Gasteiger partial charge is 0.175 e. The molecule has 0 heterocycles. The molecule has 0 N–H and O–H groups in total. The second kappa shape index (κ2) is 6.96. The van der Waals surface area contributed by atoms with Crippen LogP contribution in [0.5, 0.6) is 11.5 Å². The van der Waals surface area contributed by atoms with Crippen LogP contribution in [0.3, 0.4) is 0 Å². The van der Waals surface area contributed by atoms with Crippen LogP contribution in [0, 0.1) is 11.3 Å². The Labute approximate surface area is 129 Å². The topological polar surface area (TPSA) is 76.4 Å². The van der Waals surface area contributed by atoms with Crippen molar-refractivity contribution in [3.05, 3.63) is 54.1 Å². The van der Waals surface area contributed by atoms with E-state index in [1.807, 2.05) is 6.07 Å². The second-order valence-electron chi connectivity index (χ2n) is 4.58. The van der Waals surface area contributed by atoms with Crippen molar-refractivity contribution >= 4 is 9.84 Å². The molecule has 0 bridgehead atoms. The van der Waals surface area contributed by atoms with Gasteiger partial charge in [-0.25, -0.2) is 8.42 Å². The molecule has 0 aliphatic heterocycles. The fourth-order valence-corrected chi connectivity index (χ4v) is 2.40. The summed E-state index contributed by atoms with van der Waals surface area (Å²) in [4.78, 5) is 0.220. The molecule has 0 unspecified atom stereocenters. The van der Waals surface area contributed by atoms with Gasteiger partial charge in [0, 0.05) is 6.26 Å². The van der Waals surface area contributed by atoms with E-state index in [2.05, 4.69) is 0 Å². The van der Waals surface area contributed by atoms with Crippen LogP contribution in [0.2, 0.25) is 0 Å². The number of rotatable bonds is 6. The number of benzene rings is 2. The predicted molar refractivity (Wildman–Crippen MR) is 81.7 cm³/mol. The van der Waals surface area contributed by atoms with Gasteiger partial charge in [-0.2, -0.15) is 5.26 Å². The fourth-order valence-electron chi connectivity index (χ4n) is 1.74. The SMILES string of the molecule is CS(=O)(=O)c1cccc(OCCOc2ccc(C#N)cc2)c1. The van der Waals surface area contributed by atoms with Crippen LogP contribution < -0.4 is 9.47 Å². The van der Waals surface area contributed by atoms with Crippen LogP contribution in [0.25, 0.3) is 0 Å². The molecular weight excluding hydrogens is 302 g/mol. The van der Waals surface area contributed by atoms with Gasteiger partial charge >= 0.3 is 0 Å². The van der Waals surface area contributed by atoms with Gasteiger partial charge < -0.3 is 9.47 Å². The lowest BCUT2D eigenvalue weighted by Gasteiger charge is -2.09. The highest BCUT2D eigenvalue weighted by atomic mass is 32.2. The molecule has 0 spiro atoms. The molecule has 2 aromatic rings. The van der Waals surface area contributed by atoms with Gasteiger partial charge in [-0.15, -0.1) is 0 Å². The molecule has 0 amide bonds. The molecule has 0 saturated carbocycles. The Morgan fingerprint density at radius 1 is 1.00 bits per heavy atom. The molecule has 114 valence electrons. The van der Waals surface area contributed by atoms with Crippen molar-refractivity contribution in [1.29, 1.82) is 5.26 Å². The quantitative estimate of drug-likeness (QED) is 0.765. The molecule has 2 rings (SSSR count). The lowest BCUT2D eigenvalue weighted by atomic mass is 10.2. The lowest BCUT2D eigenvalue weighted by molar-refractivity contribution is 0.217. The maximum atomic E-state index is 11.4. The lowest BCUT2D eigenvalue weighted by Crippen LogP contribution is -2.09. The number of nitrogens with zero attached hydrogens (tertiary/aromatic N) is 1. The van der Waals surface area contributed by atoms with Crippen molar-refractivity contribution in [2.75, 3.05) is 19.5 Å². The number of nitriles is 1. The zero-order valence-electron chi connectivity index (χ0n) is 12.0. The first-order chi connectivity index (χ1) is 10.5. The van der Waals surface area contributed by atoms with Crippen LogP contribution in [0.1, 0.15) is 5.56 Å². The molecule has 5 nitrogen and oxygen atoms in total. The third-order valence-electron chi connectivity index (χ3n) is 2.84. The van der Waals surface area contributed by atoms with Gasteiger partial charge in [-0.05, 0) is 42.5 Å². The monoisotopic (exact) mass is 317 g/mol. The molecule has 22 heavy (non-hydrogen) atoms. The summed E-state index contributed by atoms with van der Waals surface area (Å²) in [6, 6.07) is 15.1. The highest BCUT2D eigenvalue weighted by molar-refractivity contribution is 7.90. The van der Waals surface area contributed by atoms with Crippen LogP contribution in [-0.4, -0.2) is 27.9 Å². The summed E-state index contributed by atoms with van der Waals surface area (Å²) < 4.78 is 33.8. The zero-order valence-corrected chi connectivity index (χ0v) is 12.8. The van der Waals surface area contributed by atoms with Crippen LogP contribution in [-0.2, 0) is 9.84 Å². The Morgan fingerprint density at radius 2 is 1.64 bits per heavy atom. The molecule has 0 radical (unpaired) electrons. The van der Waals surface area contributed by atoms with Gasteiger partial charge in [0.1, 0.15) is 24.7 Å². The molecular formula is C16H15NO4S. The first-order valence-electron chi connectivity index (χ1n) is 6.55. The third kappa shape index (κ3) is 4.50. The summed E-state index contributed by atoms with van der Waals surface area (Å²) in [5, 5.41) is 8.69. The van der Waals surface area contributed by atoms with Crippen molar-refractivity contribution in [1.82, 2.24) is 0 Å². The van der Waals surface area contributed by atoms with E-state index in [1.54, 1.807) is 36.4 Å². The van der Waals surface area contributed by atoms with Crippen molar-refractivity contribution in [3.63, 3.8) is 0 Å². The maximum absolute atomic E-state index is 11.4. The van der Waals surface area contributed by atoms with E-state index >= 15 is 0 Å². The first kappa shape index (κ1) is 15.9. The van der Waals surface area contributed by atoms with Crippen LogP contribution in [0.15, 0.2) is 53.4 Å². The highest BCUT2D eigenvalue weighted by Crippen LogP contribution is 2.17. The van der Waals surface area contributed by atoms with E-state index in [0.717, 1.165) is 6.26 Å². The number of sulfone groups is 1. The minimum Gasteiger partial charge on any atom is -0.490 e. The summed E-state index contributed by atoms with van der Waals surface area (Å²) in [7, 11) is -3.24. The highest BCUT2D eigenvalue weighted by Gasteiger charge is 2.07. The van der Waals surface area contributed by atoms with Crippen molar-refractivity contribution in [2.24, 2.45) is 0 Å². The Kier molecular flexibility index (Phi) is 5.02. The largest absolute Gasteiger partial charge is 0.490 e. The minimum atomic E-state index is -3.24. The Hall–Kier alpha value is -2.52.